The number of carbonyl (C=O) groups is 3. The zero-order valence-corrected chi connectivity index (χ0v) is 12.4. The van der Waals surface area contributed by atoms with Gasteiger partial charge in [-0.3, -0.25) is 9.59 Å². The van der Waals surface area contributed by atoms with E-state index in [0.29, 0.717) is 26.2 Å². The molecule has 0 saturated carbocycles. The van der Waals surface area contributed by atoms with Crippen molar-refractivity contribution in [2.24, 2.45) is 11.8 Å². The molecule has 1 unspecified atom stereocenters. The van der Waals surface area contributed by atoms with Crippen LogP contribution in [-0.2, 0) is 14.3 Å². The summed E-state index contributed by atoms with van der Waals surface area (Å²) in [5, 5.41) is 14.2. The molecule has 1 atom stereocenters. The van der Waals surface area contributed by atoms with E-state index in [9.17, 15) is 14.4 Å². The highest BCUT2D eigenvalue weighted by atomic mass is 16.5. The van der Waals surface area contributed by atoms with Gasteiger partial charge in [-0.25, -0.2) is 4.79 Å². The smallest absolute Gasteiger partial charge is 0.317 e. The number of likely N-dealkylation sites (tertiary alicyclic amines) is 1. The fourth-order valence-electron chi connectivity index (χ4n) is 1.97. The van der Waals surface area contributed by atoms with Crippen molar-refractivity contribution >= 4 is 17.9 Å². The number of aliphatic carboxylic acids is 1. The third-order valence-electron chi connectivity index (χ3n) is 3.55. The standard InChI is InChI=1S/C13H23N3O5/c1-9(12(18)19)10-7-16(8-10)13(20)15-4-3-11(17)14-5-6-21-2/h9-10H,3-8H2,1-2H3,(H,14,17)(H,15,20)(H,18,19). The van der Waals surface area contributed by atoms with Crippen LogP contribution in [-0.4, -0.2) is 67.8 Å². The Hall–Kier alpha value is -1.83. The van der Waals surface area contributed by atoms with Gasteiger partial charge < -0.3 is 25.4 Å². The Balaban J connectivity index is 2.10. The highest BCUT2D eigenvalue weighted by molar-refractivity contribution is 5.79. The number of carboxylic acids is 1. The summed E-state index contributed by atoms with van der Waals surface area (Å²) < 4.78 is 4.80. The number of rotatable bonds is 8. The van der Waals surface area contributed by atoms with Crippen LogP contribution in [0.5, 0.6) is 0 Å². The molecule has 1 saturated heterocycles. The van der Waals surface area contributed by atoms with Crippen LogP contribution in [0.1, 0.15) is 13.3 Å². The number of carbonyl (C=O) groups excluding carboxylic acids is 2. The van der Waals surface area contributed by atoms with Crippen molar-refractivity contribution in [2.75, 3.05) is 39.9 Å². The number of nitrogens with zero attached hydrogens (tertiary/aromatic N) is 1. The Morgan fingerprint density at radius 2 is 1.95 bits per heavy atom. The highest BCUT2D eigenvalue weighted by Crippen LogP contribution is 2.23. The summed E-state index contributed by atoms with van der Waals surface area (Å²) >= 11 is 0. The summed E-state index contributed by atoms with van der Waals surface area (Å²) in [6.45, 7) is 3.69. The number of nitrogens with one attached hydrogen (secondary N) is 2. The average Bonchev–Trinajstić information content (AvgIpc) is 2.37. The molecule has 0 bridgehead atoms. The molecule has 1 aliphatic rings. The van der Waals surface area contributed by atoms with Gasteiger partial charge in [-0.15, -0.1) is 0 Å². The lowest BCUT2D eigenvalue weighted by molar-refractivity contribution is -0.144. The molecule has 0 aromatic heterocycles. The molecule has 0 aromatic carbocycles. The molecule has 1 fully saturated rings. The summed E-state index contributed by atoms with van der Waals surface area (Å²) in [6.07, 6.45) is 0.207. The van der Waals surface area contributed by atoms with E-state index in [4.69, 9.17) is 9.84 Å². The van der Waals surface area contributed by atoms with E-state index >= 15 is 0 Å². The first-order valence-corrected chi connectivity index (χ1v) is 6.97. The molecule has 120 valence electrons. The maximum absolute atomic E-state index is 11.7. The van der Waals surface area contributed by atoms with Crippen molar-refractivity contribution in [3.05, 3.63) is 0 Å². The van der Waals surface area contributed by atoms with Crippen molar-refractivity contribution in [3.8, 4) is 0 Å². The van der Waals surface area contributed by atoms with E-state index in [2.05, 4.69) is 10.6 Å². The second kappa shape index (κ2) is 8.46. The Labute approximate surface area is 123 Å². The van der Waals surface area contributed by atoms with Crippen LogP contribution in [0.15, 0.2) is 0 Å². The van der Waals surface area contributed by atoms with Crippen LogP contribution >= 0.6 is 0 Å². The molecule has 21 heavy (non-hydrogen) atoms. The number of hydrogen-bond donors (Lipinski definition) is 3. The van der Waals surface area contributed by atoms with Crippen molar-refractivity contribution in [1.82, 2.24) is 15.5 Å². The maximum Gasteiger partial charge on any atom is 0.317 e. The third-order valence-corrected chi connectivity index (χ3v) is 3.55. The number of ether oxygens (including phenoxy) is 1. The van der Waals surface area contributed by atoms with E-state index in [1.165, 1.54) is 0 Å². The van der Waals surface area contributed by atoms with Gasteiger partial charge in [-0.05, 0) is 0 Å². The van der Waals surface area contributed by atoms with Gasteiger partial charge >= 0.3 is 12.0 Å². The summed E-state index contributed by atoms with van der Waals surface area (Å²) in [7, 11) is 1.55. The topological polar surface area (TPSA) is 108 Å². The molecule has 1 rings (SSSR count). The minimum Gasteiger partial charge on any atom is -0.481 e. The van der Waals surface area contributed by atoms with Crippen LogP contribution < -0.4 is 10.6 Å². The molecule has 3 amide bonds. The predicted molar refractivity (Wildman–Crippen MR) is 74.8 cm³/mol. The second-order valence-electron chi connectivity index (χ2n) is 5.12. The number of carboxylic acid groups (broad SMARTS) is 1. The fourth-order valence-corrected chi connectivity index (χ4v) is 1.97. The molecule has 0 spiro atoms. The average molecular weight is 301 g/mol. The highest BCUT2D eigenvalue weighted by Gasteiger charge is 2.36. The summed E-state index contributed by atoms with van der Waals surface area (Å²) in [5.41, 5.74) is 0. The van der Waals surface area contributed by atoms with Crippen LogP contribution in [0.4, 0.5) is 4.79 Å². The molecule has 0 aliphatic carbocycles. The van der Waals surface area contributed by atoms with Crippen LogP contribution in [0.25, 0.3) is 0 Å². The normalized spacial score (nSPS) is 16.0. The van der Waals surface area contributed by atoms with Gasteiger partial charge in [0.25, 0.3) is 0 Å². The SMILES string of the molecule is COCCNC(=O)CCNC(=O)N1CC(C(C)C(=O)O)C1. The molecule has 8 heteroatoms. The van der Waals surface area contributed by atoms with Gasteiger partial charge in [-0.1, -0.05) is 6.92 Å². The lowest BCUT2D eigenvalue weighted by Gasteiger charge is -2.41. The second-order valence-corrected chi connectivity index (χ2v) is 5.12. The number of urea groups is 1. The number of methoxy groups -OCH3 is 1. The summed E-state index contributed by atoms with van der Waals surface area (Å²) in [4.78, 5) is 35.4. The fraction of sp³-hybridized carbons (Fsp3) is 0.769. The summed E-state index contributed by atoms with van der Waals surface area (Å²) in [5.74, 6) is -1.42. The van der Waals surface area contributed by atoms with Crippen LogP contribution in [0.3, 0.4) is 0 Å². The first kappa shape index (κ1) is 17.2. The van der Waals surface area contributed by atoms with Crippen molar-refractivity contribution in [2.45, 2.75) is 13.3 Å². The lowest BCUT2D eigenvalue weighted by atomic mass is 9.87. The van der Waals surface area contributed by atoms with E-state index < -0.39 is 11.9 Å². The zero-order chi connectivity index (χ0) is 15.8. The number of hydrogen-bond acceptors (Lipinski definition) is 4. The van der Waals surface area contributed by atoms with Crippen LogP contribution in [0, 0.1) is 11.8 Å². The molecular weight excluding hydrogens is 278 g/mol. The Kier molecular flexibility index (Phi) is 6.93. The van der Waals surface area contributed by atoms with Gasteiger partial charge in [0.1, 0.15) is 0 Å². The third kappa shape index (κ3) is 5.58. The molecule has 0 aromatic rings. The van der Waals surface area contributed by atoms with Gasteiger partial charge in [0, 0.05) is 45.6 Å². The molecular formula is C13H23N3O5. The number of amides is 3. The van der Waals surface area contributed by atoms with E-state index in [0.717, 1.165) is 0 Å². The van der Waals surface area contributed by atoms with Crippen molar-refractivity contribution in [3.63, 3.8) is 0 Å². The Bertz CT molecular complexity index is 382. The van der Waals surface area contributed by atoms with Crippen molar-refractivity contribution < 1.29 is 24.2 Å². The Morgan fingerprint density at radius 3 is 2.52 bits per heavy atom. The Morgan fingerprint density at radius 1 is 1.29 bits per heavy atom. The molecule has 3 N–H and O–H groups in total. The lowest BCUT2D eigenvalue weighted by Crippen LogP contribution is -2.56. The molecule has 1 aliphatic heterocycles. The minimum atomic E-state index is -0.840. The van der Waals surface area contributed by atoms with Gasteiger partial charge in [0.2, 0.25) is 5.91 Å². The van der Waals surface area contributed by atoms with E-state index in [1.54, 1.807) is 18.9 Å². The first-order valence-electron chi connectivity index (χ1n) is 6.97. The largest absolute Gasteiger partial charge is 0.481 e. The van der Waals surface area contributed by atoms with Gasteiger partial charge in [0.05, 0.1) is 12.5 Å². The van der Waals surface area contributed by atoms with E-state index in [-0.39, 0.29) is 30.8 Å². The monoisotopic (exact) mass is 301 g/mol. The summed E-state index contributed by atoms with van der Waals surface area (Å²) in [6, 6.07) is -0.256. The zero-order valence-electron chi connectivity index (χ0n) is 12.4. The maximum atomic E-state index is 11.7. The molecule has 8 nitrogen and oxygen atoms in total. The molecule has 0 radical (unpaired) electrons. The molecule has 1 heterocycles. The first-order chi connectivity index (χ1) is 9.95. The van der Waals surface area contributed by atoms with E-state index in [1.807, 2.05) is 0 Å². The van der Waals surface area contributed by atoms with Crippen molar-refractivity contribution in [1.29, 1.82) is 0 Å². The quantitative estimate of drug-likeness (QED) is 0.524. The minimum absolute atomic E-state index is 0.00518. The predicted octanol–water partition coefficient (Wildman–Crippen LogP) is -0.499. The van der Waals surface area contributed by atoms with Crippen LogP contribution in [0.2, 0.25) is 0 Å². The van der Waals surface area contributed by atoms with Gasteiger partial charge in [-0.2, -0.15) is 0 Å². The van der Waals surface area contributed by atoms with Gasteiger partial charge in [0.15, 0.2) is 0 Å².